The summed E-state index contributed by atoms with van der Waals surface area (Å²) >= 11 is 1.95. The van der Waals surface area contributed by atoms with Gasteiger partial charge in [0.05, 0.1) is 25.1 Å². The van der Waals surface area contributed by atoms with Crippen molar-refractivity contribution in [3.63, 3.8) is 0 Å². The molecule has 0 aromatic carbocycles. The Kier molecular flexibility index (Phi) is 6.29. The molecule has 2 atom stereocenters. The Hall–Kier alpha value is -0.790. The molecule has 0 aliphatic carbocycles. The van der Waals surface area contributed by atoms with Crippen LogP contribution in [0.3, 0.4) is 0 Å². The molecule has 128 valence electrons. The summed E-state index contributed by atoms with van der Waals surface area (Å²) in [4.78, 5) is 22.4. The van der Waals surface area contributed by atoms with E-state index in [4.69, 9.17) is 10.8 Å². The maximum absolute atomic E-state index is 11.8. The van der Waals surface area contributed by atoms with Gasteiger partial charge in [-0.05, 0) is 18.8 Å². The van der Waals surface area contributed by atoms with Gasteiger partial charge in [0.15, 0.2) is 0 Å². The first-order chi connectivity index (χ1) is 9.99. The summed E-state index contributed by atoms with van der Waals surface area (Å²) in [6, 6.07) is -1.47. The predicted octanol–water partition coefficient (Wildman–Crippen LogP) is 0.966. The van der Waals surface area contributed by atoms with Crippen molar-refractivity contribution in [1.82, 2.24) is 5.32 Å². The Bertz CT molecular complexity index is 412. The highest BCUT2D eigenvalue weighted by molar-refractivity contribution is 8.03. The maximum atomic E-state index is 11.8. The van der Waals surface area contributed by atoms with Crippen LogP contribution in [0.25, 0.3) is 0 Å². The molecule has 0 aromatic rings. The Morgan fingerprint density at radius 2 is 1.82 bits per heavy atom. The highest BCUT2D eigenvalue weighted by Gasteiger charge is 2.53. The van der Waals surface area contributed by atoms with E-state index in [-0.39, 0.29) is 22.1 Å². The average Bonchev–Trinajstić information content (AvgIpc) is 2.34. The van der Waals surface area contributed by atoms with Crippen LogP contribution in [0.4, 0.5) is 0 Å². The molecule has 0 spiro atoms. The fourth-order valence-corrected chi connectivity index (χ4v) is 5.74. The zero-order valence-corrected chi connectivity index (χ0v) is 14.6. The summed E-state index contributed by atoms with van der Waals surface area (Å²) in [7, 11) is 0. The minimum absolute atomic E-state index is 0.174. The van der Waals surface area contributed by atoms with Gasteiger partial charge in [-0.1, -0.05) is 27.7 Å². The van der Waals surface area contributed by atoms with Crippen molar-refractivity contribution in [1.29, 1.82) is 0 Å². The first kappa shape index (κ1) is 19.3. The third-order valence-electron chi connectivity index (χ3n) is 4.31. The molecule has 1 aliphatic rings. The first-order valence-corrected chi connectivity index (χ1v) is 8.40. The van der Waals surface area contributed by atoms with Crippen LogP contribution in [-0.4, -0.2) is 50.3 Å². The van der Waals surface area contributed by atoms with Crippen LogP contribution in [0, 0.1) is 5.92 Å². The molecular formula is C15H28N2O4S. The molecule has 1 fully saturated rings. The standard InChI is InChI=1S/C15H28N2O4S/c1-14(2)11(15(3,4)22-14)6-5-9(8-18)17-13(21)10(16)7-12(19)20/h9-11,18H,5-8,16H2,1-4H3,(H,17,21)(H,19,20)/t9?,10-/m0/s1. The van der Waals surface area contributed by atoms with E-state index in [9.17, 15) is 14.7 Å². The van der Waals surface area contributed by atoms with Gasteiger partial charge in [0, 0.05) is 9.49 Å². The van der Waals surface area contributed by atoms with E-state index in [1.54, 1.807) is 0 Å². The molecular weight excluding hydrogens is 304 g/mol. The molecule has 1 amide bonds. The largest absolute Gasteiger partial charge is 0.481 e. The lowest BCUT2D eigenvalue weighted by atomic mass is 9.78. The second kappa shape index (κ2) is 7.19. The van der Waals surface area contributed by atoms with Crippen molar-refractivity contribution < 1.29 is 19.8 Å². The van der Waals surface area contributed by atoms with Crippen LogP contribution < -0.4 is 11.1 Å². The number of carboxylic acid groups (broad SMARTS) is 1. The first-order valence-electron chi connectivity index (χ1n) is 7.58. The number of nitrogens with two attached hydrogens (primary N) is 1. The molecule has 7 heteroatoms. The predicted molar refractivity (Wildman–Crippen MR) is 87.7 cm³/mol. The molecule has 6 nitrogen and oxygen atoms in total. The van der Waals surface area contributed by atoms with Gasteiger partial charge in [-0.3, -0.25) is 9.59 Å². The third-order valence-corrected chi connectivity index (χ3v) is 5.93. The van der Waals surface area contributed by atoms with Gasteiger partial charge < -0.3 is 21.3 Å². The van der Waals surface area contributed by atoms with Crippen molar-refractivity contribution in [3.05, 3.63) is 0 Å². The summed E-state index contributed by atoms with van der Waals surface area (Å²) in [5.74, 6) is -1.13. The molecule has 1 saturated heterocycles. The third kappa shape index (κ3) is 4.86. The van der Waals surface area contributed by atoms with Crippen molar-refractivity contribution in [2.24, 2.45) is 11.7 Å². The van der Waals surface area contributed by atoms with E-state index in [0.29, 0.717) is 12.3 Å². The molecule has 1 heterocycles. The number of aliphatic hydroxyl groups is 1. The second-order valence-electron chi connectivity index (χ2n) is 7.03. The minimum atomic E-state index is -1.11. The van der Waals surface area contributed by atoms with Crippen LogP contribution in [0.1, 0.15) is 47.0 Å². The van der Waals surface area contributed by atoms with E-state index in [0.717, 1.165) is 6.42 Å². The van der Waals surface area contributed by atoms with E-state index in [1.165, 1.54) is 0 Å². The molecule has 1 unspecified atom stereocenters. The zero-order chi connectivity index (χ0) is 17.1. The van der Waals surface area contributed by atoms with Crippen LogP contribution in [-0.2, 0) is 9.59 Å². The Morgan fingerprint density at radius 3 is 2.23 bits per heavy atom. The van der Waals surface area contributed by atoms with Crippen LogP contribution >= 0.6 is 11.8 Å². The lowest BCUT2D eigenvalue weighted by Crippen LogP contribution is -2.55. The molecule has 0 radical (unpaired) electrons. The van der Waals surface area contributed by atoms with Crippen molar-refractivity contribution in [2.75, 3.05) is 6.61 Å². The number of rotatable bonds is 8. The van der Waals surface area contributed by atoms with E-state index in [2.05, 4.69) is 33.0 Å². The van der Waals surface area contributed by atoms with Gasteiger partial charge in [-0.15, -0.1) is 11.8 Å². The number of thioether (sulfide) groups is 1. The van der Waals surface area contributed by atoms with Crippen LogP contribution in [0.5, 0.6) is 0 Å². The van der Waals surface area contributed by atoms with Gasteiger partial charge in [0.1, 0.15) is 0 Å². The molecule has 22 heavy (non-hydrogen) atoms. The summed E-state index contributed by atoms with van der Waals surface area (Å²) < 4.78 is 0.403. The van der Waals surface area contributed by atoms with Crippen molar-refractivity contribution in [2.45, 2.75) is 68.5 Å². The van der Waals surface area contributed by atoms with E-state index >= 15 is 0 Å². The smallest absolute Gasteiger partial charge is 0.305 e. The molecule has 1 aliphatic heterocycles. The van der Waals surface area contributed by atoms with Crippen LogP contribution in [0.2, 0.25) is 0 Å². The van der Waals surface area contributed by atoms with Gasteiger partial charge >= 0.3 is 5.97 Å². The number of amides is 1. The molecule has 1 rings (SSSR count). The highest BCUT2D eigenvalue weighted by atomic mass is 32.2. The number of carboxylic acids is 1. The SMILES string of the molecule is CC1(C)SC(C)(C)C1CCC(CO)NC(=O)[C@@H](N)CC(=O)O. The fraction of sp³-hybridized carbons (Fsp3) is 0.867. The molecule has 0 saturated carbocycles. The van der Waals surface area contributed by atoms with E-state index < -0.39 is 24.3 Å². The molecule has 0 bridgehead atoms. The number of carbonyl (C=O) groups excluding carboxylic acids is 1. The Labute approximate surface area is 136 Å². The normalized spacial score (nSPS) is 22.5. The van der Waals surface area contributed by atoms with Gasteiger partial charge in [0.25, 0.3) is 0 Å². The lowest BCUT2D eigenvalue weighted by molar-refractivity contribution is -0.139. The Morgan fingerprint density at radius 1 is 1.27 bits per heavy atom. The van der Waals surface area contributed by atoms with Gasteiger partial charge in [-0.2, -0.15) is 0 Å². The van der Waals surface area contributed by atoms with Crippen molar-refractivity contribution in [3.8, 4) is 0 Å². The number of hydrogen-bond donors (Lipinski definition) is 4. The van der Waals surface area contributed by atoms with E-state index in [1.807, 2.05) is 11.8 Å². The number of hydrogen-bond acceptors (Lipinski definition) is 5. The number of aliphatic hydroxyl groups excluding tert-OH is 1. The minimum Gasteiger partial charge on any atom is -0.481 e. The van der Waals surface area contributed by atoms with Gasteiger partial charge in [0.2, 0.25) is 5.91 Å². The molecule has 5 N–H and O–H groups in total. The summed E-state index contributed by atoms with van der Waals surface area (Å²) in [6.45, 7) is 8.67. The quantitative estimate of drug-likeness (QED) is 0.527. The highest BCUT2D eigenvalue weighted by Crippen LogP contribution is 2.60. The second-order valence-corrected chi connectivity index (χ2v) is 9.34. The monoisotopic (exact) mass is 332 g/mol. The lowest BCUT2D eigenvalue weighted by Gasteiger charge is -2.57. The van der Waals surface area contributed by atoms with Crippen molar-refractivity contribution >= 4 is 23.6 Å². The fourth-order valence-electron chi connectivity index (χ4n) is 3.46. The average molecular weight is 332 g/mol. The van der Waals surface area contributed by atoms with Crippen LogP contribution in [0.15, 0.2) is 0 Å². The number of aliphatic carboxylic acids is 1. The summed E-state index contributed by atoms with van der Waals surface area (Å²) in [5, 5.41) is 20.7. The zero-order valence-electron chi connectivity index (χ0n) is 13.8. The van der Waals surface area contributed by atoms with Gasteiger partial charge in [-0.25, -0.2) is 0 Å². The number of carbonyl (C=O) groups is 2. The number of nitrogens with one attached hydrogen (secondary N) is 1. The topological polar surface area (TPSA) is 113 Å². The maximum Gasteiger partial charge on any atom is 0.305 e. The molecule has 0 aromatic heterocycles. The summed E-state index contributed by atoms with van der Waals surface area (Å²) in [6.07, 6.45) is 1.14. The Balaban J connectivity index is 2.49. The summed E-state index contributed by atoms with van der Waals surface area (Å²) in [5.41, 5.74) is 5.52.